The van der Waals surface area contributed by atoms with E-state index in [4.69, 9.17) is 14.7 Å². The molecule has 5 aromatic rings. The molecule has 0 spiro atoms. The van der Waals surface area contributed by atoms with Crippen LogP contribution in [-0.2, 0) is 19.2 Å². The quantitative estimate of drug-likeness (QED) is 0.193. The molecule has 1 amide bonds. The Kier molecular flexibility index (Phi) is 7.71. The number of carbonyl (C=O) groups is 1. The number of aromatic nitrogens is 4. The molecular formula is C29H25N6O8S-. The van der Waals surface area contributed by atoms with Crippen LogP contribution in [0.5, 0.6) is 5.75 Å². The Labute approximate surface area is 250 Å². The molecule has 0 radical (unpaired) electrons. The lowest BCUT2D eigenvalue weighted by molar-refractivity contribution is -0.268. The van der Waals surface area contributed by atoms with Crippen LogP contribution >= 0.6 is 0 Å². The zero-order chi connectivity index (χ0) is 31.0. The number of hydrogen-bond acceptors (Lipinski definition) is 12. The van der Waals surface area contributed by atoms with Crippen LogP contribution in [0.15, 0.2) is 85.2 Å². The van der Waals surface area contributed by atoms with Gasteiger partial charge in [0.05, 0.1) is 12.9 Å². The highest BCUT2D eigenvalue weighted by atomic mass is 32.2. The van der Waals surface area contributed by atoms with E-state index in [0.717, 1.165) is 23.3 Å². The summed E-state index contributed by atoms with van der Waals surface area (Å²) < 4.78 is 38.3. The van der Waals surface area contributed by atoms with Crippen LogP contribution in [0.4, 0.5) is 5.82 Å². The average molecular weight is 618 g/mol. The zero-order valence-corrected chi connectivity index (χ0v) is 23.5. The predicted molar refractivity (Wildman–Crippen MR) is 155 cm³/mol. The fraction of sp³-hybridized carbons (Fsp3) is 0.172. The summed E-state index contributed by atoms with van der Waals surface area (Å²) in [5.74, 6) is -1.50. The number of carbonyl (C=O) groups excluding carboxylic acids is 1. The van der Waals surface area contributed by atoms with Crippen molar-refractivity contribution < 1.29 is 37.5 Å². The minimum Gasteiger partial charge on any atom is -0.872 e. The maximum atomic E-state index is 12.4. The first kappa shape index (κ1) is 29.2. The third kappa shape index (κ3) is 5.69. The number of para-hydroxylation sites is 1. The molecule has 0 bridgehead atoms. The van der Waals surface area contributed by atoms with Crippen molar-refractivity contribution in [2.24, 2.45) is 0 Å². The highest BCUT2D eigenvalue weighted by Gasteiger charge is 2.45. The van der Waals surface area contributed by atoms with Gasteiger partial charge in [0.2, 0.25) is 0 Å². The fourth-order valence-electron chi connectivity index (χ4n) is 4.80. The number of benzene rings is 3. The van der Waals surface area contributed by atoms with Crippen LogP contribution < -0.4 is 15.6 Å². The van der Waals surface area contributed by atoms with Gasteiger partial charge in [-0.05, 0) is 11.1 Å². The number of hydrogen-bond donors (Lipinski definition) is 4. The van der Waals surface area contributed by atoms with E-state index < -0.39 is 58.7 Å². The van der Waals surface area contributed by atoms with E-state index in [2.05, 4.69) is 15.0 Å². The number of aliphatic hydroxyl groups is 2. The second-order valence-electron chi connectivity index (χ2n) is 9.91. The number of nitrogens with zero attached hydrogens (tertiary/aromatic N) is 4. The van der Waals surface area contributed by atoms with Crippen LogP contribution in [0, 0.1) is 0 Å². The van der Waals surface area contributed by atoms with Crippen molar-refractivity contribution in [2.75, 3.05) is 12.3 Å². The first-order chi connectivity index (χ1) is 21.1. The van der Waals surface area contributed by atoms with Gasteiger partial charge in [-0.25, -0.2) is 19.7 Å². The molecule has 2 aromatic heterocycles. The van der Waals surface area contributed by atoms with Gasteiger partial charge in [0.25, 0.3) is 5.91 Å². The Hall–Kier alpha value is -4.93. The topological polar surface area (TPSA) is 215 Å². The van der Waals surface area contributed by atoms with E-state index in [-0.39, 0.29) is 22.8 Å². The van der Waals surface area contributed by atoms with Crippen LogP contribution in [0.25, 0.3) is 33.7 Å². The Morgan fingerprint density at radius 3 is 2.34 bits per heavy atom. The number of fused-ring (bicyclic) bond motifs is 1. The van der Waals surface area contributed by atoms with Gasteiger partial charge in [-0.15, -0.1) is 0 Å². The summed E-state index contributed by atoms with van der Waals surface area (Å²) in [5, 5.41) is 33.3. The third-order valence-electron chi connectivity index (χ3n) is 7.05. The summed E-state index contributed by atoms with van der Waals surface area (Å²) in [6.45, 7) is -0.765. The smallest absolute Gasteiger partial charge is 0.362 e. The van der Waals surface area contributed by atoms with E-state index in [0.29, 0.717) is 5.56 Å². The molecule has 6 rings (SSSR count). The number of imidazole rings is 1. The van der Waals surface area contributed by atoms with Crippen LogP contribution in [0.2, 0.25) is 0 Å². The number of nitrogen functional groups attached to an aromatic ring is 1. The van der Waals surface area contributed by atoms with Gasteiger partial charge in [-0.1, -0.05) is 84.6 Å². The summed E-state index contributed by atoms with van der Waals surface area (Å²) in [4.78, 5) is 25.4. The largest absolute Gasteiger partial charge is 0.872 e. The molecule has 0 aliphatic carbocycles. The lowest BCUT2D eigenvalue weighted by atomic mass is 10.0. The number of anilines is 1. The molecule has 15 heteroatoms. The van der Waals surface area contributed by atoms with Gasteiger partial charge in [0.15, 0.2) is 23.5 Å². The molecule has 14 nitrogen and oxygen atoms in total. The Morgan fingerprint density at radius 2 is 1.61 bits per heavy atom. The highest BCUT2D eigenvalue weighted by Crippen LogP contribution is 2.33. The predicted octanol–water partition coefficient (Wildman–Crippen LogP) is 1.13. The van der Waals surface area contributed by atoms with Crippen molar-refractivity contribution in [3.63, 3.8) is 0 Å². The summed E-state index contributed by atoms with van der Waals surface area (Å²) >= 11 is 0. The SMILES string of the molecule is Nc1nc(-c2ccc(-c3ccccc3)cc2)nc2c1ncn2[C@@H]1O[C@H](COS(=O)(=O)NC(=O)c2ccccc2[O-])[C@@H](O)[C@H]1O. The Bertz CT molecular complexity index is 1940. The van der Waals surface area contributed by atoms with Gasteiger partial charge in [0, 0.05) is 11.1 Å². The van der Waals surface area contributed by atoms with Crippen LogP contribution in [-0.4, -0.2) is 69.0 Å². The molecule has 3 aromatic carbocycles. The molecular weight excluding hydrogens is 592 g/mol. The Morgan fingerprint density at radius 1 is 0.955 bits per heavy atom. The van der Waals surface area contributed by atoms with E-state index in [9.17, 15) is 28.5 Å². The van der Waals surface area contributed by atoms with Crippen molar-refractivity contribution >= 4 is 33.2 Å². The molecule has 5 N–H and O–H groups in total. The third-order valence-corrected chi connectivity index (χ3v) is 7.93. The summed E-state index contributed by atoms with van der Waals surface area (Å²) in [6.07, 6.45) is -4.42. The maximum Gasteiger partial charge on any atom is 0.362 e. The average Bonchev–Trinajstić information content (AvgIpc) is 3.57. The number of aliphatic hydroxyl groups excluding tert-OH is 2. The van der Waals surface area contributed by atoms with Gasteiger partial charge in [0.1, 0.15) is 23.8 Å². The number of rotatable bonds is 8. The number of nitrogens with one attached hydrogen (secondary N) is 1. The lowest BCUT2D eigenvalue weighted by Gasteiger charge is -2.17. The summed E-state index contributed by atoms with van der Waals surface area (Å²) in [5.41, 5.74) is 8.92. The molecule has 3 heterocycles. The van der Waals surface area contributed by atoms with Crippen LogP contribution in [0.1, 0.15) is 16.6 Å². The standard InChI is InChI=1S/C29H26N6O8S/c30-25-22-27(33-26(32-25)18-12-10-17(11-13-18)16-6-2-1-3-7-16)35(15-31-22)29-24(38)23(37)21(43-29)14-42-44(40,41)34-28(39)19-8-4-5-9-20(19)36/h1-13,15,21,23-24,29,36-38H,14H2,(H,34,39)(H2,30,32,33)/p-1/t21-,23-,24-,29-/m1/s1. The second kappa shape index (κ2) is 11.6. The molecule has 1 aliphatic heterocycles. The lowest BCUT2D eigenvalue weighted by Crippen LogP contribution is -2.38. The summed E-state index contributed by atoms with van der Waals surface area (Å²) in [7, 11) is -4.71. The van der Waals surface area contributed by atoms with E-state index in [1.807, 2.05) is 54.6 Å². The maximum absolute atomic E-state index is 12.4. The van der Waals surface area contributed by atoms with Crippen molar-refractivity contribution in [3.05, 3.63) is 90.8 Å². The molecule has 0 unspecified atom stereocenters. The fourth-order valence-corrected chi connectivity index (χ4v) is 5.51. The van der Waals surface area contributed by atoms with Gasteiger partial charge < -0.3 is 25.8 Å². The normalized spacial score (nSPS) is 20.1. The number of amides is 1. The molecule has 1 saturated heterocycles. The van der Waals surface area contributed by atoms with Gasteiger partial charge in [-0.3, -0.25) is 13.5 Å². The van der Waals surface area contributed by atoms with Crippen molar-refractivity contribution in [3.8, 4) is 28.3 Å². The highest BCUT2D eigenvalue weighted by molar-refractivity contribution is 7.85. The van der Waals surface area contributed by atoms with E-state index >= 15 is 0 Å². The number of nitrogens with two attached hydrogens (primary N) is 1. The molecule has 44 heavy (non-hydrogen) atoms. The molecule has 1 fully saturated rings. The second-order valence-corrected chi connectivity index (χ2v) is 11.3. The van der Waals surface area contributed by atoms with Crippen molar-refractivity contribution in [2.45, 2.75) is 24.5 Å². The van der Waals surface area contributed by atoms with E-state index in [1.165, 1.54) is 23.0 Å². The molecule has 226 valence electrons. The van der Waals surface area contributed by atoms with Gasteiger partial charge >= 0.3 is 10.3 Å². The first-order valence-corrected chi connectivity index (χ1v) is 14.7. The first-order valence-electron chi connectivity index (χ1n) is 13.3. The summed E-state index contributed by atoms with van der Waals surface area (Å²) in [6, 6.07) is 22.4. The van der Waals surface area contributed by atoms with E-state index in [1.54, 1.807) is 4.72 Å². The minimum absolute atomic E-state index is 0.0743. The molecule has 0 saturated carbocycles. The molecule has 4 atom stereocenters. The van der Waals surface area contributed by atoms with Crippen molar-refractivity contribution in [1.29, 1.82) is 0 Å². The Balaban J connectivity index is 1.19. The van der Waals surface area contributed by atoms with Crippen molar-refractivity contribution in [1.82, 2.24) is 24.2 Å². The monoisotopic (exact) mass is 617 g/mol. The number of ether oxygens (including phenoxy) is 1. The van der Waals surface area contributed by atoms with Gasteiger partial charge in [-0.2, -0.15) is 8.42 Å². The minimum atomic E-state index is -4.71. The zero-order valence-electron chi connectivity index (χ0n) is 22.7. The van der Waals surface area contributed by atoms with Crippen LogP contribution in [0.3, 0.4) is 0 Å². The molecule has 1 aliphatic rings.